The van der Waals surface area contributed by atoms with Crippen molar-refractivity contribution in [3.8, 4) is 5.75 Å². The molecule has 2 amide bonds. The van der Waals surface area contributed by atoms with Gasteiger partial charge in [0.1, 0.15) is 5.75 Å². The lowest BCUT2D eigenvalue weighted by Gasteiger charge is -2.37. The Hall–Kier alpha value is -3.08. The van der Waals surface area contributed by atoms with Crippen LogP contribution in [-0.2, 0) is 9.59 Å². The molecule has 0 saturated carbocycles. The first-order valence-corrected chi connectivity index (χ1v) is 8.55. The summed E-state index contributed by atoms with van der Waals surface area (Å²) >= 11 is 0. The van der Waals surface area contributed by atoms with Gasteiger partial charge in [0.05, 0.1) is 13.0 Å². The number of primary amides is 1. The normalized spacial score (nSPS) is 19.2. The quantitative estimate of drug-likeness (QED) is 0.861. The highest BCUT2D eigenvalue weighted by Crippen LogP contribution is 2.38. The van der Waals surface area contributed by atoms with E-state index in [4.69, 9.17) is 10.5 Å². The van der Waals surface area contributed by atoms with Gasteiger partial charge in [-0.1, -0.05) is 30.3 Å². The van der Waals surface area contributed by atoms with Crippen LogP contribution in [0.3, 0.4) is 0 Å². The highest BCUT2D eigenvalue weighted by Gasteiger charge is 2.35. The van der Waals surface area contributed by atoms with Crippen molar-refractivity contribution in [1.29, 1.82) is 0 Å². The number of hydrogen-bond acceptors (Lipinski definition) is 3. The first-order valence-electron chi connectivity index (χ1n) is 8.55. The van der Waals surface area contributed by atoms with Crippen LogP contribution in [0.4, 0.5) is 5.69 Å². The van der Waals surface area contributed by atoms with E-state index in [1.54, 1.807) is 24.2 Å². The fraction of sp³-hybridized carbons (Fsp3) is 0.238. The first kappa shape index (κ1) is 17.7. The zero-order valence-electron chi connectivity index (χ0n) is 14.9. The Morgan fingerprint density at radius 2 is 1.96 bits per heavy atom. The number of rotatable bonds is 4. The summed E-state index contributed by atoms with van der Waals surface area (Å²) in [5, 5.41) is 0. The van der Waals surface area contributed by atoms with Gasteiger partial charge in [-0.2, -0.15) is 0 Å². The lowest BCUT2D eigenvalue weighted by atomic mass is 9.85. The number of benzene rings is 2. The molecule has 0 aliphatic carbocycles. The minimum absolute atomic E-state index is 0.121. The summed E-state index contributed by atoms with van der Waals surface area (Å²) in [6.45, 7) is 1.93. The van der Waals surface area contributed by atoms with E-state index in [0.29, 0.717) is 6.42 Å². The van der Waals surface area contributed by atoms with E-state index in [-0.39, 0.29) is 23.8 Å². The number of carbonyl (C=O) groups is 2. The van der Waals surface area contributed by atoms with E-state index in [1.165, 1.54) is 0 Å². The second-order valence-electron chi connectivity index (χ2n) is 6.42. The number of nitrogens with zero attached hydrogens (tertiary/aromatic N) is 1. The number of para-hydroxylation sites is 1. The Labute approximate surface area is 153 Å². The summed E-state index contributed by atoms with van der Waals surface area (Å²) in [4.78, 5) is 26.4. The molecule has 0 fully saturated rings. The van der Waals surface area contributed by atoms with Gasteiger partial charge < -0.3 is 15.4 Å². The molecule has 3 rings (SSSR count). The van der Waals surface area contributed by atoms with E-state index in [9.17, 15) is 9.59 Å². The average molecular weight is 350 g/mol. The number of carbonyl (C=O) groups excluding carboxylic acids is 2. The van der Waals surface area contributed by atoms with Gasteiger partial charge >= 0.3 is 0 Å². The first-order chi connectivity index (χ1) is 12.5. The van der Waals surface area contributed by atoms with Crippen molar-refractivity contribution in [2.24, 2.45) is 5.73 Å². The van der Waals surface area contributed by atoms with E-state index in [0.717, 1.165) is 22.6 Å². The van der Waals surface area contributed by atoms with E-state index >= 15 is 0 Å². The minimum atomic E-state index is -0.368. The zero-order valence-corrected chi connectivity index (χ0v) is 14.9. The van der Waals surface area contributed by atoms with Gasteiger partial charge in [-0.05, 0) is 48.7 Å². The Bertz CT molecular complexity index is 860. The van der Waals surface area contributed by atoms with Crippen LogP contribution < -0.4 is 15.4 Å². The number of amides is 2. The summed E-state index contributed by atoms with van der Waals surface area (Å²) in [7, 11) is 1.61. The van der Waals surface area contributed by atoms with Crippen molar-refractivity contribution in [3.05, 3.63) is 65.7 Å². The maximum absolute atomic E-state index is 12.9. The number of anilines is 1. The van der Waals surface area contributed by atoms with Crippen molar-refractivity contribution in [2.45, 2.75) is 25.3 Å². The third kappa shape index (κ3) is 3.47. The largest absolute Gasteiger partial charge is 0.497 e. The van der Waals surface area contributed by atoms with Gasteiger partial charge in [-0.3, -0.25) is 9.59 Å². The molecule has 134 valence electrons. The number of ether oxygens (including phenoxy) is 1. The lowest BCUT2D eigenvalue weighted by Crippen LogP contribution is -2.44. The third-order valence-corrected chi connectivity index (χ3v) is 4.68. The van der Waals surface area contributed by atoms with Crippen LogP contribution in [0.2, 0.25) is 0 Å². The highest BCUT2D eigenvalue weighted by molar-refractivity contribution is 6.06. The Morgan fingerprint density at radius 3 is 2.69 bits per heavy atom. The predicted molar refractivity (Wildman–Crippen MR) is 102 cm³/mol. The molecule has 0 unspecified atom stereocenters. The maximum Gasteiger partial charge on any atom is 0.251 e. The molecule has 1 heterocycles. The van der Waals surface area contributed by atoms with Crippen LogP contribution in [0.5, 0.6) is 5.75 Å². The van der Waals surface area contributed by atoms with Crippen LogP contribution in [-0.4, -0.2) is 25.0 Å². The van der Waals surface area contributed by atoms with Crippen molar-refractivity contribution < 1.29 is 14.3 Å². The number of fused-ring (bicyclic) bond motifs is 1. The molecular weight excluding hydrogens is 328 g/mol. The summed E-state index contributed by atoms with van der Waals surface area (Å²) in [6, 6.07) is 14.8. The highest BCUT2D eigenvalue weighted by atomic mass is 16.5. The van der Waals surface area contributed by atoms with E-state index in [1.807, 2.05) is 55.5 Å². The number of hydrogen-bond donors (Lipinski definition) is 1. The topological polar surface area (TPSA) is 72.6 Å². The maximum atomic E-state index is 12.9. The molecule has 2 atom stereocenters. The molecular formula is C21H22N2O3. The molecule has 0 spiro atoms. The van der Waals surface area contributed by atoms with Gasteiger partial charge in [0.25, 0.3) is 5.91 Å². The van der Waals surface area contributed by atoms with Crippen LogP contribution in [0.25, 0.3) is 6.08 Å². The Balaban J connectivity index is 1.89. The molecule has 1 aliphatic rings. The molecule has 0 saturated heterocycles. The van der Waals surface area contributed by atoms with Crippen molar-refractivity contribution >= 4 is 23.6 Å². The SMILES string of the molecule is COc1cccc(/C=C/C(=O)N2c3ccccc3[C@@H](C(N)=O)C[C@H]2C)c1. The Kier molecular flexibility index (Phi) is 5.07. The van der Waals surface area contributed by atoms with Crippen molar-refractivity contribution in [2.75, 3.05) is 12.0 Å². The molecule has 26 heavy (non-hydrogen) atoms. The van der Waals surface area contributed by atoms with E-state index < -0.39 is 0 Å². The summed E-state index contributed by atoms with van der Waals surface area (Å²) in [6.07, 6.45) is 3.83. The molecule has 5 heteroatoms. The third-order valence-electron chi connectivity index (χ3n) is 4.68. The number of nitrogens with two attached hydrogens (primary N) is 1. The van der Waals surface area contributed by atoms with Gasteiger partial charge in [0, 0.05) is 17.8 Å². The lowest BCUT2D eigenvalue weighted by molar-refractivity contribution is -0.120. The van der Waals surface area contributed by atoms with Gasteiger partial charge in [0.15, 0.2) is 0 Å². The molecule has 0 radical (unpaired) electrons. The van der Waals surface area contributed by atoms with Crippen LogP contribution >= 0.6 is 0 Å². The van der Waals surface area contributed by atoms with Crippen LogP contribution in [0.15, 0.2) is 54.6 Å². The molecule has 5 nitrogen and oxygen atoms in total. The standard InChI is InChI=1S/C21H22N2O3/c1-14-12-18(21(22)25)17-8-3-4-9-19(17)23(14)20(24)11-10-15-6-5-7-16(13-15)26-2/h3-11,13-14,18H,12H2,1-2H3,(H2,22,25)/b11-10+/t14-,18+/m1/s1. The van der Waals surface area contributed by atoms with Crippen molar-refractivity contribution in [3.63, 3.8) is 0 Å². The molecule has 2 N–H and O–H groups in total. The molecule has 0 aromatic heterocycles. The minimum Gasteiger partial charge on any atom is -0.497 e. The fourth-order valence-electron chi connectivity index (χ4n) is 3.41. The molecule has 0 bridgehead atoms. The second kappa shape index (κ2) is 7.44. The second-order valence-corrected chi connectivity index (χ2v) is 6.42. The summed E-state index contributed by atoms with van der Waals surface area (Å²) < 4.78 is 5.20. The monoisotopic (exact) mass is 350 g/mol. The summed E-state index contributed by atoms with van der Waals surface area (Å²) in [5.74, 6) is -0.118. The Morgan fingerprint density at radius 1 is 1.19 bits per heavy atom. The summed E-state index contributed by atoms with van der Waals surface area (Å²) in [5.41, 5.74) is 7.99. The zero-order chi connectivity index (χ0) is 18.7. The van der Waals surface area contributed by atoms with E-state index in [2.05, 4.69) is 0 Å². The molecule has 1 aliphatic heterocycles. The van der Waals surface area contributed by atoms with Crippen molar-refractivity contribution in [1.82, 2.24) is 0 Å². The van der Waals surface area contributed by atoms with Gasteiger partial charge in [-0.25, -0.2) is 0 Å². The van der Waals surface area contributed by atoms with Crippen LogP contribution in [0.1, 0.15) is 30.4 Å². The molecule has 2 aromatic rings. The number of methoxy groups -OCH3 is 1. The fourth-order valence-corrected chi connectivity index (χ4v) is 3.41. The predicted octanol–water partition coefficient (Wildman–Crippen LogP) is 3.10. The molecule has 2 aromatic carbocycles. The van der Waals surface area contributed by atoms with Crippen LogP contribution in [0, 0.1) is 0 Å². The van der Waals surface area contributed by atoms with Gasteiger partial charge in [0.2, 0.25) is 5.91 Å². The smallest absolute Gasteiger partial charge is 0.251 e. The average Bonchev–Trinajstić information content (AvgIpc) is 2.65. The van der Waals surface area contributed by atoms with Gasteiger partial charge in [-0.15, -0.1) is 0 Å².